The van der Waals surface area contributed by atoms with E-state index >= 15 is 0 Å². The molecule has 0 saturated carbocycles. The van der Waals surface area contributed by atoms with Gasteiger partial charge in [-0.05, 0) is 30.7 Å². The second-order valence-electron chi connectivity index (χ2n) is 6.40. The van der Waals surface area contributed by atoms with Gasteiger partial charge in [0.25, 0.3) is 0 Å². The molecule has 1 aliphatic heterocycles. The zero-order valence-corrected chi connectivity index (χ0v) is 12.5. The molecule has 17 heavy (non-hydrogen) atoms. The molecule has 0 bridgehead atoms. The van der Waals surface area contributed by atoms with Crippen molar-refractivity contribution in [1.29, 1.82) is 0 Å². The van der Waals surface area contributed by atoms with Gasteiger partial charge in [0.1, 0.15) is 0 Å². The second kappa shape index (κ2) is 7.38. The fraction of sp³-hybridized carbons (Fsp3) is 1.00. The lowest BCUT2D eigenvalue weighted by Crippen LogP contribution is -2.42. The molecule has 1 N–H and O–H groups in total. The Hall–Kier alpha value is -0.0800. The summed E-state index contributed by atoms with van der Waals surface area (Å²) >= 11 is 0. The largest absolute Gasteiger partial charge is 0.315 e. The third-order valence-corrected chi connectivity index (χ3v) is 4.09. The zero-order valence-electron chi connectivity index (χ0n) is 12.5. The van der Waals surface area contributed by atoms with Gasteiger partial charge >= 0.3 is 0 Å². The highest BCUT2D eigenvalue weighted by atomic mass is 15.2. The van der Waals surface area contributed by atoms with Crippen molar-refractivity contribution in [2.45, 2.75) is 53.5 Å². The molecule has 0 amide bonds. The van der Waals surface area contributed by atoms with Crippen LogP contribution in [0.25, 0.3) is 0 Å². The van der Waals surface area contributed by atoms with Crippen LogP contribution in [0.1, 0.15) is 47.5 Å². The van der Waals surface area contributed by atoms with E-state index in [2.05, 4.69) is 44.8 Å². The minimum absolute atomic E-state index is 0.756. The first-order chi connectivity index (χ1) is 8.04. The molecule has 1 fully saturated rings. The Morgan fingerprint density at radius 3 is 2.18 bits per heavy atom. The van der Waals surface area contributed by atoms with Crippen LogP contribution in [0.5, 0.6) is 0 Å². The van der Waals surface area contributed by atoms with Crippen molar-refractivity contribution < 1.29 is 0 Å². The van der Waals surface area contributed by atoms with Crippen LogP contribution in [-0.4, -0.2) is 37.1 Å². The average molecular weight is 240 g/mol. The lowest BCUT2D eigenvalue weighted by Gasteiger charge is -2.28. The molecule has 0 aromatic carbocycles. The summed E-state index contributed by atoms with van der Waals surface area (Å²) in [5.74, 6) is 2.51. The van der Waals surface area contributed by atoms with Crippen LogP contribution in [-0.2, 0) is 0 Å². The predicted octanol–water partition coefficient (Wildman–Crippen LogP) is 2.99. The maximum atomic E-state index is 3.63. The van der Waals surface area contributed by atoms with Gasteiger partial charge in [-0.15, -0.1) is 0 Å². The van der Waals surface area contributed by atoms with Gasteiger partial charge in [-0.25, -0.2) is 0 Å². The van der Waals surface area contributed by atoms with Gasteiger partial charge in [0.2, 0.25) is 0 Å². The van der Waals surface area contributed by atoms with Crippen LogP contribution in [0.2, 0.25) is 0 Å². The van der Waals surface area contributed by atoms with E-state index in [0.29, 0.717) is 0 Å². The third-order valence-electron chi connectivity index (χ3n) is 4.09. The Labute approximate surface area is 108 Å². The zero-order chi connectivity index (χ0) is 12.8. The number of hydrogen-bond acceptors (Lipinski definition) is 2. The highest BCUT2D eigenvalue weighted by Gasteiger charge is 2.30. The highest BCUT2D eigenvalue weighted by molar-refractivity contribution is 4.84. The summed E-state index contributed by atoms with van der Waals surface area (Å²) in [4.78, 5) is 2.71. The van der Waals surface area contributed by atoms with Crippen LogP contribution >= 0.6 is 0 Å². The molecule has 0 aromatic rings. The summed E-state index contributed by atoms with van der Waals surface area (Å²) in [5, 5.41) is 3.63. The smallest absolute Gasteiger partial charge is 0.0220 e. The van der Waals surface area contributed by atoms with Crippen molar-refractivity contribution in [1.82, 2.24) is 10.2 Å². The van der Waals surface area contributed by atoms with Gasteiger partial charge in [-0.2, -0.15) is 0 Å². The Balaban J connectivity index is 2.37. The molecule has 1 heterocycles. The molecule has 1 aliphatic rings. The standard InChI is InChI=1S/C15H32N2/c1-6-7-15(9-16-8-12(2)3)17-10-13(4)14(5)11-17/h12-16H,6-11H2,1-5H3. The summed E-state index contributed by atoms with van der Waals surface area (Å²) in [6, 6.07) is 0.756. The van der Waals surface area contributed by atoms with Gasteiger partial charge in [-0.1, -0.05) is 41.0 Å². The number of rotatable bonds is 7. The molecule has 2 nitrogen and oxygen atoms in total. The first-order valence-electron chi connectivity index (χ1n) is 7.49. The third kappa shape index (κ3) is 4.97. The van der Waals surface area contributed by atoms with E-state index in [4.69, 9.17) is 0 Å². The normalized spacial score (nSPS) is 27.9. The van der Waals surface area contributed by atoms with Gasteiger partial charge in [-0.3, -0.25) is 4.90 Å². The Morgan fingerprint density at radius 2 is 1.71 bits per heavy atom. The number of hydrogen-bond donors (Lipinski definition) is 1. The maximum Gasteiger partial charge on any atom is 0.0220 e. The van der Waals surface area contributed by atoms with Gasteiger partial charge in [0, 0.05) is 25.7 Å². The van der Waals surface area contributed by atoms with Crippen LogP contribution in [0.15, 0.2) is 0 Å². The van der Waals surface area contributed by atoms with Crippen molar-refractivity contribution >= 4 is 0 Å². The Morgan fingerprint density at radius 1 is 1.12 bits per heavy atom. The fourth-order valence-electron chi connectivity index (χ4n) is 2.76. The van der Waals surface area contributed by atoms with Crippen molar-refractivity contribution in [3.8, 4) is 0 Å². The molecule has 3 unspecified atom stereocenters. The summed E-state index contributed by atoms with van der Waals surface area (Å²) in [6.07, 6.45) is 2.64. The Kier molecular flexibility index (Phi) is 6.50. The van der Waals surface area contributed by atoms with E-state index in [-0.39, 0.29) is 0 Å². The molecule has 102 valence electrons. The minimum atomic E-state index is 0.756. The molecule has 1 rings (SSSR count). The van der Waals surface area contributed by atoms with Gasteiger partial charge < -0.3 is 5.32 Å². The first-order valence-corrected chi connectivity index (χ1v) is 7.49. The van der Waals surface area contributed by atoms with Crippen molar-refractivity contribution in [2.24, 2.45) is 17.8 Å². The first kappa shape index (κ1) is 15.0. The lowest BCUT2D eigenvalue weighted by atomic mass is 10.0. The quantitative estimate of drug-likeness (QED) is 0.736. The number of nitrogens with one attached hydrogen (secondary N) is 1. The van der Waals surface area contributed by atoms with Crippen LogP contribution < -0.4 is 5.32 Å². The van der Waals surface area contributed by atoms with E-state index in [1.54, 1.807) is 0 Å². The topological polar surface area (TPSA) is 15.3 Å². The van der Waals surface area contributed by atoms with E-state index in [1.807, 2.05) is 0 Å². The Bertz CT molecular complexity index is 193. The summed E-state index contributed by atoms with van der Waals surface area (Å²) in [7, 11) is 0. The van der Waals surface area contributed by atoms with Gasteiger partial charge in [0.15, 0.2) is 0 Å². The van der Waals surface area contributed by atoms with Crippen molar-refractivity contribution in [3.05, 3.63) is 0 Å². The molecular weight excluding hydrogens is 208 g/mol. The van der Waals surface area contributed by atoms with E-state index < -0.39 is 0 Å². The SMILES string of the molecule is CCCC(CNCC(C)C)N1CC(C)C(C)C1. The number of likely N-dealkylation sites (tertiary alicyclic amines) is 1. The molecular formula is C15H32N2. The second-order valence-corrected chi connectivity index (χ2v) is 6.40. The highest BCUT2D eigenvalue weighted by Crippen LogP contribution is 2.25. The predicted molar refractivity (Wildman–Crippen MR) is 76.3 cm³/mol. The minimum Gasteiger partial charge on any atom is -0.315 e. The molecule has 0 spiro atoms. The molecule has 0 aromatic heterocycles. The summed E-state index contributed by atoms with van der Waals surface area (Å²) < 4.78 is 0. The molecule has 3 atom stereocenters. The molecule has 0 radical (unpaired) electrons. The van der Waals surface area contributed by atoms with Crippen molar-refractivity contribution in [3.63, 3.8) is 0 Å². The molecule has 1 saturated heterocycles. The summed E-state index contributed by atoms with van der Waals surface area (Å²) in [6.45, 7) is 16.6. The lowest BCUT2D eigenvalue weighted by molar-refractivity contribution is 0.212. The van der Waals surface area contributed by atoms with Crippen LogP contribution in [0, 0.1) is 17.8 Å². The van der Waals surface area contributed by atoms with Gasteiger partial charge in [0.05, 0.1) is 0 Å². The molecule has 0 aliphatic carbocycles. The average Bonchev–Trinajstić information content (AvgIpc) is 2.57. The van der Waals surface area contributed by atoms with E-state index in [9.17, 15) is 0 Å². The molecule has 2 heteroatoms. The number of nitrogens with zero attached hydrogens (tertiary/aromatic N) is 1. The fourth-order valence-corrected chi connectivity index (χ4v) is 2.76. The van der Waals surface area contributed by atoms with Crippen LogP contribution in [0.3, 0.4) is 0 Å². The van der Waals surface area contributed by atoms with E-state index in [0.717, 1.165) is 30.3 Å². The maximum absolute atomic E-state index is 3.63. The monoisotopic (exact) mass is 240 g/mol. The van der Waals surface area contributed by atoms with Crippen LogP contribution in [0.4, 0.5) is 0 Å². The summed E-state index contributed by atoms with van der Waals surface area (Å²) in [5.41, 5.74) is 0. The van der Waals surface area contributed by atoms with E-state index in [1.165, 1.54) is 32.5 Å². The van der Waals surface area contributed by atoms with Crippen molar-refractivity contribution in [2.75, 3.05) is 26.2 Å².